The third-order valence-electron chi connectivity index (χ3n) is 4.28. The van der Waals surface area contributed by atoms with Crippen molar-refractivity contribution >= 4 is 21.9 Å². The Kier molecular flexibility index (Phi) is 5.75. The lowest BCUT2D eigenvalue weighted by atomic mass is 9.95. The van der Waals surface area contributed by atoms with Crippen LogP contribution in [0.4, 0.5) is 0 Å². The molecule has 0 radical (unpaired) electrons. The maximum Gasteiger partial charge on any atom is 0.310 e. The van der Waals surface area contributed by atoms with E-state index in [4.69, 9.17) is 9.47 Å². The van der Waals surface area contributed by atoms with Crippen LogP contribution in [0.1, 0.15) is 38.3 Å². The minimum atomic E-state index is -0.940. The summed E-state index contributed by atoms with van der Waals surface area (Å²) in [7, 11) is 0. The highest BCUT2D eigenvalue weighted by Crippen LogP contribution is 2.42. The first kappa shape index (κ1) is 18.6. The van der Waals surface area contributed by atoms with E-state index in [1.165, 1.54) is 0 Å². The Hall–Kier alpha value is -1.75. The molecule has 0 heterocycles. The van der Waals surface area contributed by atoms with Gasteiger partial charge in [0.05, 0.1) is 17.5 Å². The van der Waals surface area contributed by atoms with Gasteiger partial charge in [-0.1, -0.05) is 19.1 Å². The number of aliphatic hydroxyl groups excluding tert-OH is 1. The van der Waals surface area contributed by atoms with Crippen LogP contribution in [0.5, 0.6) is 5.75 Å². The highest BCUT2D eigenvalue weighted by molar-refractivity contribution is 9.11. The van der Waals surface area contributed by atoms with Gasteiger partial charge >= 0.3 is 5.97 Å². The molecule has 0 saturated heterocycles. The summed E-state index contributed by atoms with van der Waals surface area (Å²) < 4.78 is 11.9. The Labute approximate surface area is 151 Å². The van der Waals surface area contributed by atoms with E-state index >= 15 is 0 Å². The SMILES string of the molecule is CCOC(=O)Cc1c(C)cccc1OC1(C)C(CC)=CC(Br)=C1O. The molecule has 5 heteroatoms. The normalized spacial score (nSPS) is 20.1. The number of halogens is 1. The summed E-state index contributed by atoms with van der Waals surface area (Å²) in [5.74, 6) is 0.432. The second kappa shape index (κ2) is 7.43. The van der Waals surface area contributed by atoms with Crippen molar-refractivity contribution in [2.45, 2.75) is 46.1 Å². The number of carbonyl (C=O) groups excluding carboxylic acids is 1. The van der Waals surface area contributed by atoms with Gasteiger partial charge in [0, 0.05) is 5.56 Å². The number of rotatable bonds is 6. The van der Waals surface area contributed by atoms with Crippen molar-refractivity contribution in [3.63, 3.8) is 0 Å². The van der Waals surface area contributed by atoms with E-state index in [2.05, 4.69) is 15.9 Å². The monoisotopic (exact) mass is 394 g/mol. The first-order valence-corrected chi connectivity index (χ1v) is 8.86. The fourth-order valence-electron chi connectivity index (χ4n) is 2.87. The summed E-state index contributed by atoms with van der Waals surface area (Å²) in [6, 6.07) is 5.63. The second-order valence-electron chi connectivity index (χ2n) is 5.89. The summed E-state index contributed by atoms with van der Waals surface area (Å²) in [6.07, 6.45) is 2.77. The molecule has 24 heavy (non-hydrogen) atoms. The minimum absolute atomic E-state index is 0.142. The van der Waals surface area contributed by atoms with Crippen molar-refractivity contribution in [3.05, 3.63) is 51.2 Å². The molecule has 0 aliphatic heterocycles. The molecular weight excluding hydrogens is 372 g/mol. The molecule has 0 saturated carbocycles. The van der Waals surface area contributed by atoms with Crippen molar-refractivity contribution in [3.8, 4) is 5.75 Å². The van der Waals surface area contributed by atoms with Gasteiger partial charge < -0.3 is 14.6 Å². The highest BCUT2D eigenvalue weighted by Gasteiger charge is 2.41. The maximum atomic E-state index is 11.9. The van der Waals surface area contributed by atoms with Crippen LogP contribution in [-0.2, 0) is 16.0 Å². The molecule has 1 aromatic rings. The highest BCUT2D eigenvalue weighted by atomic mass is 79.9. The molecule has 0 amide bonds. The van der Waals surface area contributed by atoms with Crippen LogP contribution in [0.2, 0.25) is 0 Å². The molecule has 1 aliphatic rings. The van der Waals surface area contributed by atoms with Gasteiger partial charge in [-0.2, -0.15) is 0 Å². The quantitative estimate of drug-likeness (QED) is 0.707. The molecule has 0 bridgehead atoms. The van der Waals surface area contributed by atoms with Gasteiger partial charge in [0.2, 0.25) is 0 Å². The number of hydrogen-bond acceptors (Lipinski definition) is 4. The van der Waals surface area contributed by atoms with Gasteiger partial charge in [-0.3, -0.25) is 4.79 Å². The van der Waals surface area contributed by atoms with E-state index in [1.54, 1.807) is 6.92 Å². The van der Waals surface area contributed by atoms with Crippen molar-refractivity contribution < 1.29 is 19.4 Å². The lowest BCUT2D eigenvalue weighted by Gasteiger charge is -2.30. The van der Waals surface area contributed by atoms with Gasteiger partial charge in [0.25, 0.3) is 0 Å². The zero-order chi connectivity index (χ0) is 17.9. The first-order valence-electron chi connectivity index (χ1n) is 8.06. The summed E-state index contributed by atoms with van der Waals surface area (Å²) in [5.41, 5.74) is 1.76. The van der Waals surface area contributed by atoms with Gasteiger partial charge in [0.1, 0.15) is 5.75 Å². The van der Waals surface area contributed by atoms with E-state index in [9.17, 15) is 9.90 Å². The van der Waals surface area contributed by atoms with Crippen molar-refractivity contribution in [2.75, 3.05) is 6.61 Å². The predicted octanol–water partition coefficient (Wildman–Crippen LogP) is 4.75. The Morgan fingerprint density at radius 3 is 2.67 bits per heavy atom. The number of carbonyl (C=O) groups is 1. The average Bonchev–Trinajstić information content (AvgIpc) is 2.75. The number of allylic oxidation sites excluding steroid dienone is 2. The van der Waals surface area contributed by atoms with E-state index in [0.29, 0.717) is 16.8 Å². The third-order valence-corrected chi connectivity index (χ3v) is 4.88. The number of aryl methyl sites for hydroxylation is 1. The van der Waals surface area contributed by atoms with Gasteiger partial charge in [-0.15, -0.1) is 0 Å². The molecule has 0 fully saturated rings. The van der Waals surface area contributed by atoms with Crippen LogP contribution in [0.25, 0.3) is 0 Å². The van der Waals surface area contributed by atoms with Crippen molar-refractivity contribution in [1.82, 2.24) is 0 Å². The molecule has 1 aliphatic carbocycles. The molecule has 1 unspecified atom stereocenters. The Bertz CT molecular complexity index is 705. The smallest absolute Gasteiger partial charge is 0.310 e. The number of ether oxygens (including phenoxy) is 2. The van der Waals surface area contributed by atoms with E-state index < -0.39 is 5.60 Å². The van der Waals surface area contributed by atoms with E-state index in [-0.39, 0.29) is 18.1 Å². The van der Waals surface area contributed by atoms with Crippen molar-refractivity contribution in [1.29, 1.82) is 0 Å². The Morgan fingerprint density at radius 1 is 1.33 bits per heavy atom. The molecule has 1 atom stereocenters. The molecule has 130 valence electrons. The fraction of sp³-hybridized carbons (Fsp3) is 0.421. The van der Waals surface area contributed by atoms with Gasteiger partial charge in [-0.25, -0.2) is 0 Å². The zero-order valence-electron chi connectivity index (χ0n) is 14.5. The predicted molar refractivity (Wildman–Crippen MR) is 97.5 cm³/mol. The summed E-state index contributed by atoms with van der Waals surface area (Å²) in [6.45, 7) is 7.91. The van der Waals surface area contributed by atoms with Crippen LogP contribution in [-0.4, -0.2) is 23.3 Å². The van der Waals surface area contributed by atoms with E-state index in [1.807, 2.05) is 45.0 Å². The third kappa shape index (κ3) is 3.51. The maximum absolute atomic E-state index is 11.9. The molecule has 1 aromatic carbocycles. The molecule has 0 aromatic heterocycles. The Morgan fingerprint density at radius 2 is 2.04 bits per heavy atom. The lowest BCUT2D eigenvalue weighted by molar-refractivity contribution is -0.142. The molecule has 4 nitrogen and oxygen atoms in total. The van der Waals surface area contributed by atoms with Gasteiger partial charge in [0.15, 0.2) is 11.4 Å². The number of hydrogen-bond donors (Lipinski definition) is 1. The van der Waals surface area contributed by atoms with E-state index in [0.717, 1.165) is 23.1 Å². The van der Waals surface area contributed by atoms with Crippen LogP contribution < -0.4 is 4.74 Å². The van der Waals surface area contributed by atoms with Crippen LogP contribution in [0.15, 0.2) is 40.1 Å². The molecule has 1 N–H and O–H groups in total. The molecule has 0 spiro atoms. The summed E-state index contributed by atoms with van der Waals surface area (Å²) >= 11 is 3.37. The summed E-state index contributed by atoms with van der Waals surface area (Å²) in [5, 5.41) is 10.5. The fourth-order valence-corrected chi connectivity index (χ4v) is 3.52. The topological polar surface area (TPSA) is 55.8 Å². The molecule has 2 rings (SSSR count). The average molecular weight is 395 g/mol. The number of esters is 1. The van der Waals surface area contributed by atoms with Crippen molar-refractivity contribution in [2.24, 2.45) is 0 Å². The number of aliphatic hydroxyl groups is 1. The largest absolute Gasteiger partial charge is 0.507 e. The summed E-state index contributed by atoms with van der Waals surface area (Å²) in [4.78, 5) is 11.9. The lowest BCUT2D eigenvalue weighted by Crippen LogP contribution is -2.35. The zero-order valence-corrected chi connectivity index (χ0v) is 16.1. The number of benzene rings is 1. The van der Waals surface area contributed by atoms with Gasteiger partial charge in [-0.05, 0) is 66.4 Å². The second-order valence-corrected chi connectivity index (χ2v) is 6.74. The first-order chi connectivity index (χ1) is 11.3. The molecular formula is C19H23BrO4. The minimum Gasteiger partial charge on any atom is -0.507 e. The standard InChI is InChI=1S/C19H23BrO4/c1-5-13-10-15(20)18(22)19(13,4)24-16-9-7-8-12(3)14(16)11-17(21)23-6-2/h7-10,22H,5-6,11H2,1-4H3. The Balaban J connectivity index is 2.38. The van der Waals surface area contributed by atoms with Crippen LogP contribution in [0.3, 0.4) is 0 Å². The van der Waals surface area contributed by atoms with Crippen LogP contribution in [0, 0.1) is 6.92 Å². The van der Waals surface area contributed by atoms with Crippen LogP contribution >= 0.6 is 15.9 Å².